The van der Waals surface area contributed by atoms with E-state index in [2.05, 4.69) is 5.32 Å². The van der Waals surface area contributed by atoms with Crippen molar-refractivity contribution < 1.29 is 14.3 Å². The predicted molar refractivity (Wildman–Crippen MR) is 85.1 cm³/mol. The molecule has 2 amide bonds. The number of ether oxygens (including phenoxy) is 1. The van der Waals surface area contributed by atoms with E-state index in [-0.39, 0.29) is 18.2 Å². The number of amides is 2. The van der Waals surface area contributed by atoms with E-state index in [1.54, 1.807) is 23.1 Å². The van der Waals surface area contributed by atoms with Crippen LogP contribution in [0.15, 0.2) is 18.2 Å². The van der Waals surface area contributed by atoms with E-state index in [0.717, 1.165) is 0 Å². The van der Waals surface area contributed by atoms with E-state index in [1.807, 2.05) is 0 Å². The van der Waals surface area contributed by atoms with E-state index in [0.29, 0.717) is 42.0 Å². The van der Waals surface area contributed by atoms with Crippen LogP contribution in [0.4, 0.5) is 5.69 Å². The van der Waals surface area contributed by atoms with Gasteiger partial charge in [0.1, 0.15) is 6.10 Å². The fourth-order valence-electron chi connectivity index (χ4n) is 2.22. The third kappa shape index (κ3) is 4.58. The Kier molecular flexibility index (Phi) is 6.02. The summed E-state index contributed by atoms with van der Waals surface area (Å²) < 4.78 is 5.38. The molecule has 0 bridgehead atoms. The van der Waals surface area contributed by atoms with Crippen molar-refractivity contribution in [2.75, 3.05) is 31.6 Å². The van der Waals surface area contributed by atoms with Crippen molar-refractivity contribution in [3.63, 3.8) is 0 Å². The minimum absolute atomic E-state index is 0.0654. The standard InChI is InChI=1S/C14H17Cl2N3O3/c15-9-5-10(16)7-11(6-9)18-13(20)8-12-14(21)19(2-1-17)3-4-22-12/h5-7,12H,1-4,8,17H2,(H,18,20). The van der Waals surface area contributed by atoms with Crippen molar-refractivity contribution in [3.8, 4) is 0 Å². The van der Waals surface area contributed by atoms with Crippen LogP contribution in [0.3, 0.4) is 0 Å². The van der Waals surface area contributed by atoms with Crippen LogP contribution in [0.1, 0.15) is 6.42 Å². The van der Waals surface area contributed by atoms with Gasteiger partial charge in [0.25, 0.3) is 5.91 Å². The van der Waals surface area contributed by atoms with Gasteiger partial charge in [-0.2, -0.15) is 0 Å². The summed E-state index contributed by atoms with van der Waals surface area (Å²) in [5.41, 5.74) is 5.94. The van der Waals surface area contributed by atoms with Crippen LogP contribution in [0.25, 0.3) is 0 Å². The van der Waals surface area contributed by atoms with Crippen LogP contribution in [-0.2, 0) is 14.3 Å². The molecule has 0 aliphatic carbocycles. The Morgan fingerprint density at radius 3 is 2.68 bits per heavy atom. The van der Waals surface area contributed by atoms with Crippen molar-refractivity contribution in [1.29, 1.82) is 0 Å². The second-order valence-electron chi connectivity index (χ2n) is 4.88. The highest BCUT2D eigenvalue weighted by Gasteiger charge is 2.30. The Bertz CT molecular complexity index is 546. The first-order chi connectivity index (χ1) is 10.5. The summed E-state index contributed by atoms with van der Waals surface area (Å²) in [5, 5.41) is 3.49. The smallest absolute Gasteiger partial charge is 0.252 e. The van der Waals surface area contributed by atoms with Crippen molar-refractivity contribution in [2.24, 2.45) is 5.73 Å². The molecule has 120 valence electrons. The lowest BCUT2D eigenvalue weighted by atomic mass is 10.1. The van der Waals surface area contributed by atoms with Crippen LogP contribution < -0.4 is 11.1 Å². The van der Waals surface area contributed by atoms with Gasteiger partial charge in [0.05, 0.1) is 13.0 Å². The molecule has 2 rings (SSSR count). The summed E-state index contributed by atoms with van der Waals surface area (Å²) in [7, 11) is 0. The lowest BCUT2D eigenvalue weighted by molar-refractivity contribution is -0.154. The van der Waals surface area contributed by atoms with Crippen LogP contribution in [0.5, 0.6) is 0 Å². The van der Waals surface area contributed by atoms with Gasteiger partial charge in [-0.3, -0.25) is 9.59 Å². The van der Waals surface area contributed by atoms with Gasteiger partial charge >= 0.3 is 0 Å². The largest absolute Gasteiger partial charge is 0.366 e. The molecule has 22 heavy (non-hydrogen) atoms. The number of carbonyl (C=O) groups excluding carboxylic acids is 2. The Morgan fingerprint density at radius 1 is 1.36 bits per heavy atom. The molecule has 0 aromatic heterocycles. The molecule has 1 atom stereocenters. The number of hydrogen-bond acceptors (Lipinski definition) is 4. The van der Waals surface area contributed by atoms with Gasteiger partial charge in [-0.1, -0.05) is 23.2 Å². The second kappa shape index (κ2) is 7.78. The molecule has 1 heterocycles. The van der Waals surface area contributed by atoms with Crippen LogP contribution in [0.2, 0.25) is 10.0 Å². The zero-order chi connectivity index (χ0) is 16.1. The Balaban J connectivity index is 1.95. The minimum Gasteiger partial charge on any atom is -0.366 e. The summed E-state index contributed by atoms with van der Waals surface area (Å²) in [6.07, 6.45) is -0.848. The van der Waals surface area contributed by atoms with Gasteiger partial charge in [-0.15, -0.1) is 0 Å². The van der Waals surface area contributed by atoms with Crippen molar-refractivity contribution in [2.45, 2.75) is 12.5 Å². The number of hydrogen-bond donors (Lipinski definition) is 2. The summed E-state index contributed by atoms with van der Waals surface area (Å²) >= 11 is 11.7. The fourth-order valence-corrected chi connectivity index (χ4v) is 2.75. The molecule has 6 nitrogen and oxygen atoms in total. The third-order valence-electron chi connectivity index (χ3n) is 3.18. The normalized spacial score (nSPS) is 18.4. The number of benzene rings is 1. The SMILES string of the molecule is NCCN1CCOC(CC(=O)Nc2cc(Cl)cc(Cl)c2)C1=O. The maximum absolute atomic E-state index is 12.1. The van der Waals surface area contributed by atoms with Gasteiger partial charge in [0.15, 0.2) is 0 Å². The fraction of sp³-hybridized carbons (Fsp3) is 0.429. The molecule has 1 fully saturated rings. The number of nitrogens with zero attached hydrogens (tertiary/aromatic N) is 1. The van der Waals surface area contributed by atoms with E-state index in [1.165, 1.54) is 0 Å². The van der Waals surface area contributed by atoms with E-state index >= 15 is 0 Å². The first-order valence-corrected chi connectivity index (χ1v) is 7.61. The molecule has 3 N–H and O–H groups in total. The number of morpholine rings is 1. The Labute approximate surface area is 138 Å². The number of nitrogens with two attached hydrogens (primary N) is 1. The number of rotatable bonds is 5. The molecule has 1 aromatic rings. The van der Waals surface area contributed by atoms with Gasteiger partial charge in [0.2, 0.25) is 5.91 Å². The number of carbonyl (C=O) groups is 2. The van der Waals surface area contributed by atoms with Crippen molar-refractivity contribution >= 4 is 40.7 Å². The molecular weight excluding hydrogens is 329 g/mol. The maximum Gasteiger partial charge on any atom is 0.252 e. The number of anilines is 1. The number of nitrogens with one attached hydrogen (secondary N) is 1. The van der Waals surface area contributed by atoms with Crippen LogP contribution in [0, 0.1) is 0 Å². The predicted octanol–water partition coefficient (Wildman–Crippen LogP) is 1.51. The first kappa shape index (κ1) is 17.0. The lowest BCUT2D eigenvalue weighted by Crippen LogP contribution is -2.50. The zero-order valence-corrected chi connectivity index (χ0v) is 13.4. The molecule has 1 aromatic carbocycles. The lowest BCUT2D eigenvalue weighted by Gasteiger charge is -2.31. The Hall–Kier alpha value is -1.34. The number of halogens is 2. The molecule has 1 aliphatic heterocycles. The van der Waals surface area contributed by atoms with Gasteiger partial charge < -0.3 is 20.7 Å². The highest BCUT2D eigenvalue weighted by atomic mass is 35.5. The molecule has 8 heteroatoms. The molecule has 0 spiro atoms. The summed E-state index contributed by atoms with van der Waals surface area (Å²) in [4.78, 5) is 25.8. The summed E-state index contributed by atoms with van der Waals surface area (Å²) in [5.74, 6) is -0.553. The van der Waals surface area contributed by atoms with E-state index < -0.39 is 6.10 Å². The zero-order valence-electron chi connectivity index (χ0n) is 11.9. The van der Waals surface area contributed by atoms with Crippen LogP contribution in [-0.4, -0.2) is 49.1 Å². The van der Waals surface area contributed by atoms with E-state index in [9.17, 15) is 9.59 Å². The van der Waals surface area contributed by atoms with Gasteiger partial charge in [-0.05, 0) is 18.2 Å². The average molecular weight is 346 g/mol. The highest BCUT2D eigenvalue weighted by Crippen LogP contribution is 2.23. The molecule has 0 radical (unpaired) electrons. The monoisotopic (exact) mass is 345 g/mol. The van der Waals surface area contributed by atoms with Crippen molar-refractivity contribution in [3.05, 3.63) is 28.2 Å². The highest BCUT2D eigenvalue weighted by molar-refractivity contribution is 6.35. The molecule has 1 aliphatic rings. The summed E-state index contributed by atoms with van der Waals surface area (Å²) in [6.45, 7) is 1.74. The topological polar surface area (TPSA) is 84.7 Å². The molecule has 0 saturated carbocycles. The first-order valence-electron chi connectivity index (χ1n) is 6.86. The molecular formula is C14H17Cl2N3O3. The summed E-state index contributed by atoms with van der Waals surface area (Å²) in [6, 6.07) is 4.72. The average Bonchev–Trinajstić information content (AvgIpc) is 2.42. The molecule has 1 unspecified atom stereocenters. The quantitative estimate of drug-likeness (QED) is 0.846. The van der Waals surface area contributed by atoms with Crippen molar-refractivity contribution in [1.82, 2.24) is 4.90 Å². The second-order valence-corrected chi connectivity index (χ2v) is 5.76. The Morgan fingerprint density at radius 2 is 2.05 bits per heavy atom. The van der Waals surface area contributed by atoms with E-state index in [4.69, 9.17) is 33.7 Å². The van der Waals surface area contributed by atoms with Gasteiger partial charge in [0, 0.05) is 35.4 Å². The third-order valence-corrected chi connectivity index (χ3v) is 3.62. The van der Waals surface area contributed by atoms with Crippen LogP contribution >= 0.6 is 23.2 Å². The molecule has 1 saturated heterocycles. The maximum atomic E-state index is 12.1. The minimum atomic E-state index is -0.782. The van der Waals surface area contributed by atoms with Gasteiger partial charge in [-0.25, -0.2) is 0 Å².